The van der Waals surface area contributed by atoms with E-state index in [0.29, 0.717) is 17.2 Å². The van der Waals surface area contributed by atoms with Crippen molar-refractivity contribution >= 4 is 46.8 Å². The highest BCUT2D eigenvalue weighted by atomic mass is 32.1. The zero-order chi connectivity index (χ0) is 38.8. The normalized spacial score (nSPS) is 21.2. The number of likely N-dealkylation sites (N-methyl/N-ethyl adjacent to an activating group) is 1. The summed E-state index contributed by atoms with van der Waals surface area (Å²) in [7, 11) is 4.43. The van der Waals surface area contributed by atoms with Crippen LogP contribution in [0.4, 0.5) is 0 Å². The molecule has 16 heteroatoms. The fourth-order valence-corrected chi connectivity index (χ4v) is 6.49. The lowest BCUT2D eigenvalue weighted by Gasteiger charge is -2.29. The molecule has 15 nitrogen and oxygen atoms in total. The molecule has 1 aliphatic heterocycles. The molecule has 4 atom stereocenters. The molecule has 6 amide bonds. The van der Waals surface area contributed by atoms with Gasteiger partial charge >= 0.3 is 0 Å². The summed E-state index contributed by atoms with van der Waals surface area (Å²) in [5.74, 6) is -2.97. The molecule has 0 radical (unpaired) electrons. The predicted octanol–water partition coefficient (Wildman–Crippen LogP) is 1.94. The molecule has 2 aromatic carbocycles. The number of nitrogens with one attached hydrogen (secondary N) is 4. The van der Waals surface area contributed by atoms with Crippen molar-refractivity contribution in [3.8, 4) is 11.5 Å². The van der Waals surface area contributed by atoms with E-state index in [2.05, 4.69) is 26.3 Å². The van der Waals surface area contributed by atoms with Crippen LogP contribution in [0.25, 0.3) is 0 Å². The average Bonchev–Trinajstić information content (AvgIpc) is 3.64. The third kappa shape index (κ3) is 10.5. The Hall–Kier alpha value is -5.51. The van der Waals surface area contributed by atoms with Crippen molar-refractivity contribution in [3.05, 3.63) is 75.7 Å². The molecule has 1 aromatic heterocycles. The fraction of sp³-hybridized carbons (Fsp3) is 0.432. The molecule has 284 valence electrons. The first-order chi connectivity index (χ1) is 25.2. The summed E-state index contributed by atoms with van der Waals surface area (Å²) in [6.07, 6.45) is 0.326. The van der Waals surface area contributed by atoms with Gasteiger partial charge in [0.15, 0.2) is 0 Å². The number of thiazole rings is 1. The predicted molar refractivity (Wildman–Crippen MR) is 198 cm³/mol. The second kappa shape index (κ2) is 18.3. The second-order valence-electron chi connectivity index (χ2n) is 13.1. The molecular weight excluding hydrogens is 703 g/mol. The lowest BCUT2D eigenvalue weighted by atomic mass is 10.0. The molecule has 0 saturated heterocycles. The molecule has 0 saturated carbocycles. The van der Waals surface area contributed by atoms with Crippen LogP contribution in [-0.4, -0.2) is 109 Å². The molecule has 53 heavy (non-hydrogen) atoms. The number of ether oxygens (including phenoxy) is 2. The molecule has 2 bridgehead atoms. The van der Waals surface area contributed by atoms with Gasteiger partial charge in [-0.1, -0.05) is 44.2 Å². The average molecular weight is 750 g/mol. The number of carbonyl (C=O) groups is 6. The molecule has 0 unspecified atom stereocenters. The van der Waals surface area contributed by atoms with Crippen LogP contribution in [0.1, 0.15) is 65.2 Å². The van der Waals surface area contributed by atoms with Gasteiger partial charge in [0.1, 0.15) is 40.3 Å². The number of benzene rings is 2. The van der Waals surface area contributed by atoms with E-state index in [1.54, 1.807) is 26.0 Å². The highest BCUT2D eigenvalue weighted by molar-refractivity contribution is 7.09. The maximum absolute atomic E-state index is 14.1. The fourth-order valence-electron chi connectivity index (χ4n) is 5.64. The topological polar surface area (TPSA) is 188 Å². The number of nitrogens with zero attached hydrogens (tertiary/aromatic N) is 3. The Labute approximate surface area is 312 Å². The van der Waals surface area contributed by atoms with Gasteiger partial charge in [-0.15, -0.1) is 11.3 Å². The van der Waals surface area contributed by atoms with Crippen LogP contribution in [0.2, 0.25) is 0 Å². The van der Waals surface area contributed by atoms with E-state index < -0.39 is 66.2 Å². The first-order valence-electron chi connectivity index (χ1n) is 17.2. The van der Waals surface area contributed by atoms with Crippen LogP contribution in [-0.2, 0) is 25.6 Å². The minimum atomic E-state index is -1.03. The Morgan fingerprint density at radius 1 is 0.906 bits per heavy atom. The van der Waals surface area contributed by atoms with Crippen molar-refractivity contribution in [2.75, 3.05) is 40.9 Å². The quantitative estimate of drug-likeness (QED) is 0.292. The van der Waals surface area contributed by atoms with Gasteiger partial charge in [-0.2, -0.15) is 0 Å². The SMILES string of the molecule is COc1ccc(C(=O)N2CCN(C)C(=O)[C@@H](C)NC(=O)[C@H](C(C)C)NC(=O)[C@H](C)NC(=O)c3csc(n3)[C@H](Cc3ccccc3)NC(=O)C2)c(OC)c1. The number of hydrogen-bond acceptors (Lipinski definition) is 10. The summed E-state index contributed by atoms with van der Waals surface area (Å²) in [4.78, 5) is 88.3. The lowest BCUT2D eigenvalue weighted by molar-refractivity contribution is -0.136. The summed E-state index contributed by atoms with van der Waals surface area (Å²) in [5, 5.41) is 12.9. The lowest BCUT2D eigenvalue weighted by Crippen LogP contribution is -2.57. The molecule has 0 fully saturated rings. The van der Waals surface area contributed by atoms with Crippen molar-refractivity contribution in [2.24, 2.45) is 5.92 Å². The number of carbonyl (C=O) groups excluding carboxylic acids is 6. The van der Waals surface area contributed by atoms with Gasteiger partial charge in [-0.3, -0.25) is 28.8 Å². The number of hydrogen-bond donors (Lipinski definition) is 4. The monoisotopic (exact) mass is 749 g/mol. The Kier molecular flexibility index (Phi) is 13.9. The molecule has 3 aromatic rings. The third-order valence-electron chi connectivity index (χ3n) is 8.73. The number of aromatic nitrogens is 1. The molecule has 4 rings (SSSR count). The van der Waals surface area contributed by atoms with Gasteiger partial charge < -0.3 is 40.5 Å². The first kappa shape index (κ1) is 40.3. The molecule has 2 heterocycles. The van der Waals surface area contributed by atoms with Crippen molar-refractivity contribution in [3.63, 3.8) is 0 Å². The van der Waals surface area contributed by atoms with Crippen LogP contribution < -0.4 is 30.7 Å². The van der Waals surface area contributed by atoms with Gasteiger partial charge in [0.25, 0.3) is 11.8 Å². The van der Waals surface area contributed by atoms with Crippen molar-refractivity contribution in [1.29, 1.82) is 0 Å². The summed E-state index contributed by atoms with van der Waals surface area (Å²) in [5.41, 5.74) is 1.11. The Morgan fingerprint density at radius 3 is 2.28 bits per heavy atom. The van der Waals surface area contributed by atoms with Gasteiger partial charge in [0.05, 0.1) is 32.4 Å². The van der Waals surface area contributed by atoms with E-state index in [-0.39, 0.29) is 36.0 Å². The van der Waals surface area contributed by atoms with Crippen molar-refractivity contribution in [1.82, 2.24) is 36.1 Å². The van der Waals surface area contributed by atoms with E-state index in [0.717, 1.165) is 16.9 Å². The second-order valence-corrected chi connectivity index (χ2v) is 14.0. The number of amides is 6. The van der Waals surface area contributed by atoms with E-state index >= 15 is 0 Å². The van der Waals surface area contributed by atoms with Crippen molar-refractivity contribution < 1.29 is 38.2 Å². The number of rotatable bonds is 6. The zero-order valence-corrected chi connectivity index (χ0v) is 31.7. The van der Waals surface area contributed by atoms with Crippen LogP contribution >= 0.6 is 11.3 Å². The molecule has 1 aliphatic rings. The van der Waals surface area contributed by atoms with Crippen LogP contribution in [0.5, 0.6) is 11.5 Å². The van der Waals surface area contributed by atoms with E-state index in [4.69, 9.17) is 9.47 Å². The van der Waals surface area contributed by atoms with Crippen LogP contribution in [0.3, 0.4) is 0 Å². The smallest absolute Gasteiger partial charge is 0.271 e. The van der Waals surface area contributed by atoms with Gasteiger partial charge in [-0.25, -0.2) is 4.98 Å². The maximum Gasteiger partial charge on any atom is 0.271 e. The van der Waals surface area contributed by atoms with Gasteiger partial charge in [0.2, 0.25) is 23.6 Å². The van der Waals surface area contributed by atoms with Crippen molar-refractivity contribution in [2.45, 2.75) is 58.3 Å². The van der Waals surface area contributed by atoms with E-state index in [1.807, 2.05) is 30.3 Å². The Bertz CT molecular complexity index is 1800. The standard InChI is InChI=1S/C37H47N7O8S/c1-21(2)31-34(48)39-23(4)36(49)43(5)15-16-44(37(50)26-14-13-25(51-6)18-29(26)52-7)19-30(45)40-27(17-24-11-9-8-10-12-24)35-41-28(20-53-35)33(47)38-22(3)32(46)42-31/h8-14,18,20-23,27,31H,15-17,19H2,1-7H3,(H,38,47)(H,39,48)(H,40,45)(H,42,46)/t22-,23+,27-,31-/m0/s1. The molecule has 0 spiro atoms. The minimum absolute atomic E-state index is 0.00938. The van der Waals surface area contributed by atoms with Gasteiger partial charge in [0, 0.05) is 31.6 Å². The first-order valence-corrected chi connectivity index (χ1v) is 18.1. The van der Waals surface area contributed by atoms with Gasteiger partial charge in [-0.05, 0) is 43.9 Å². The van der Waals surface area contributed by atoms with Crippen LogP contribution in [0.15, 0.2) is 53.9 Å². The molecule has 0 aliphatic carbocycles. The van der Waals surface area contributed by atoms with Crippen LogP contribution in [0, 0.1) is 5.92 Å². The highest BCUT2D eigenvalue weighted by Gasteiger charge is 2.31. The Morgan fingerprint density at radius 2 is 1.62 bits per heavy atom. The maximum atomic E-state index is 14.1. The van der Waals surface area contributed by atoms with E-state index in [1.165, 1.54) is 56.4 Å². The van der Waals surface area contributed by atoms with E-state index in [9.17, 15) is 28.8 Å². The summed E-state index contributed by atoms with van der Waals surface area (Å²) in [6.45, 7) is 6.05. The summed E-state index contributed by atoms with van der Waals surface area (Å²) >= 11 is 1.16. The highest BCUT2D eigenvalue weighted by Crippen LogP contribution is 2.27. The Balaban J connectivity index is 1.72. The molecule has 4 N–H and O–H groups in total. The summed E-state index contributed by atoms with van der Waals surface area (Å²) < 4.78 is 10.8. The molecular formula is C37H47N7O8S. The number of methoxy groups -OCH3 is 2. The summed E-state index contributed by atoms with van der Waals surface area (Å²) in [6, 6.07) is 10.4. The largest absolute Gasteiger partial charge is 0.497 e. The number of fused-ring (bicyclic) bond motifs is 2. The zero-order valence-electron chi connectivity index (χ0n) is 30.9. The minimum Gasteiger partial charge on any atom is -0.497 e. The third-order valence-corrected chi connectivity index (χ3v) is 9.69.